The molecule has 0 saturated carbocycles. The summed E-state index contributed by atoms with van der Waals surface area (Å²) < 4.78 is 8.28. The predicted molar refractivity (Wildman–Crippen MR) is 16.4 cm³/mol. The molecule has 0 N–H and O–H groups in total. The zero-order valence-corrected chi connectivity index (χ0v) is 13.5. The van der Waals surface area contributed by atoms with Gasteiger partial charge in [0.25, 0.3) is 0 Å². The summed E-state index contributed by atoms with van der Waals surface area (Å²) in [5.74, 6) is 0. The average molecular weight is 425 g/mol. The molecule has 0 bridgehead atoms. The van der Waals surface area contributed by atoms with Crippen molar-refractivity contribution in [1.82, 2.24) is 0 Å². The Morgan fingerprint density at radius 1 is 1.20 bits per heavy atom. The molecule has 0 aliphatic carbocycles. The number of rotatable bonds is 0. The molecule has 2 radical (unpaired) electrons. The first-order valence-electron chi connectivity index (χ1n) is 0.289. The fourth-order valence-electron chi connectivity index (χ4n) is 0. The standard InChI is InChI=1S/Al.O.Pt.Sn.Zn.3H. The molecule has 0 aliphatic heterocycles. The van der Waals surface area contributed by atoms with Gasteiger partial charge in [-0.2, -0.15) is 0 Å². The normalized spacial score (nSPS) is 0.600. The van der Waals surface area contributed by atoms with Crippen molar-refractivity contribution >= 4 is 40.1 Å². The van der Waals surface area contributed by atoms with Gasteiger partial charge in [-0.05, 0) is 0 Å². The summed E-state index contributed by atoms with van der Waals surface area (Å²) in [5, 5.41) is 0. The molecule has 0 spiro atoms. The Labute approximate surface area is 83.3 Å². The summed E-state index contributed by atoms with van der Waals surface area (Å²) in [6, 6.07) is 0. The molecule has 0 aliphatic rings. The van der Waals surface area contributed by atoms with Crippen LogP contribution in [0, 0.1) is 0 Å². The van der Waals surface area contributed by atoms with Gasteiger partial charge < -0.3 is 0 Å². The molecule has 5 heteroatoms. The Balaban J connectivity index is -0.00000000167. The molecular weight excluding hydrogens is 422 g/mol. The van der Waals surface area contributed by atoms with Crippen molar-refractivity contribution in [1.29, 1.82) is 0 Å². The van der Waals surface area contributed by atoms with Gasteiger partial charge in [0.1, 0.15) is 0 Å². The van der Waals surface area contributed by atoms with E-state index in [1.54, 1.807) is 0 Å². The van der Waals surface area contributed by atoms with Crippen molar-refractivity contribution in [3.8, 4) is 0 Å². The minimum Gasteiger partial charge on any atom is 0 e. The molecule has 0 amide bonds. The molecule has 5 heavy (non-hydrogen) atoms. The van der Waals surface area contributed by atoms with Gasteiger partial charge in [0.05, 0.1) is 0 Å². The van der Waals surface area contributed by atoms with E-state index in [4.69, 9.17) is 3.80 Å². The first kappa shape index (κ1) is 26.1. The third-order valence-electron chi connectivity index (χ3n) is 0. The quantitative estimate of drug-likeness (QED) is 0.424. The van der Waals surface area contributed by atoms with Crippen LogP contribution in [-0.4, -0.2) is 40.1 Å². The van der Waals surface area contributed by atoms with Crippen molar-refractivity contribution < 1.29 is 44.3 Å². The third-order valence-corrected chi connectivity index (χ3v) is 0. The molecule has 0 atom stereocenters. The number of hydrogen-bond acceptors (Lipinski definition) is 1. The maximum atomic E-state index is 8.28. The van der Waals surface area contributed by atoms with Crippen LogP contribution in [0.1, 0.15) is 0 Å². The van der Waals surface area contributed by atoms with Crippen molar-refractivity contribution in [2.75, 3.05) is 0 Å². The van der Waals surface area contributed by atoms with Crippen LogP contribution in [-0.2, 0) is 44.3 Å². The summed E-state index contributed by atoms with van der Waals surface area (Å²) in [6.07, 6.45) is 0. The van der Waals surface area contributed by atoms with Gasteiger partial charge in [0.2, 0.25) is 0 Å². The van der Waals surface area contributed by atoms with E-state index in [9.17, 15) is 0 Å². The molecular formula is H3AlOPtSnZn. The maximum absolute atomic E-state index is 8.28. The zero-order valence-electron chi connectivity index (χ0n) is 2.85. The van der Waals surface area contributed by atoms with Crippen LogP contribution in [0.5, 0.6) is 0 Å². The van der Waals surface area contributed by atoms with Crippen LogP contribution in [0.25, 0.3) is 0 Å². The Bertz CT molecular complexity index is 11.6. The van der Waals surface area contributed by atoms with Crippen LogP contribution in [0.4, 0.5) is 0 Å². The maximum Gasteiger partial charge on any atom is 0 e. The van der Waals surface area contributed by atoms with Crippen molar-refractivity contribution in [3.63, 3.8) is 0 Å². The van der Waals surface area contributed by atoms with Crippen molar-refractivity contribution in [3.05, 3.63) is 0 Å². The summed E-state index contributed by atoms with van der Waals surface area (Å²) in [7, 11) is 0. The molecule has 0 unspecified atom stereocenters. The van der Waals surface area contributed by atoms with E-state index in [0.29, 0.717) is 16.2 Å². The summed E-state index contributed by atoms with van der Waals surface area (Å²) >= 11 is 0.611. The zero-order chi connectivity index (χ0) is 2.00. The molecule has 0 heterocycles. The molecule has 0 saturated heterocycles. The van der Waals surface area contributed by atoms with E-state index in [-0.39, 0.29) is 64.5 Å². The second kappa shape index (κ2) is 32.0. The topological polar surface area (TPSA) is 17.1 Å². The summed E-state index contributed by atoms with van der Waals surface area (Å²) in [5.41, 5.74) is 0. The van der Waals surface area contributed by atoms with Crippen LogP contribution in [0.15, 0.2) is 0 Å². The van der Waals surface area contributed by atoms with Gasteiger partial charge in [0, 0.05) is 40.5 Å². The summed E-state index contributed by atoms with van der Waals surface area (Å²) in [4.78, 5) is 0. The molecule has 1 nitrogen and oxygen atoms in total. The van der Waals surface area contributed by atoms with Crippen LogP contribution < -0.4 is 0 Å². The van der Waals surface area contributed by atoms with E-state index in [0.717, 1.165) is 0 Å². The summed E-state index contributed by atoms with van der Waals surface area (Å²) in [6.45, 7) is 0. The molecule has 28 valence electrons. The fraction of sp³-hybridized carbons (Fsp3) is 0. The van der Waals surface area contributed by atoms with Crippen molar-refractivity contribution in [2.45, 2.75) is 0 Å². The number of hydrogen-bond donors (Lipinski definition) is 0. The van der Waals surface area contributed by atoms with Gasteiger partial charge in [-0.3, -0.25) is 0 Å². The molecule has 0 aromatic carbocycles. The van der Waals surface area contributed by atoms with E-state index in [2.05, 4.69) is 0 Å². The second-order valence-electron chi connectivity index (χ2n) is 0. The first-order chi connectivity index (χ1) is 1.00. The predicted octanol–water partition coefficient (Wildman–Crippen LogP) is -1.69. The molecule has 0 rings (SSSR count). The van der Waals surface area contributed by atoms with E-state index in [1.807, 2.05) is 0 Å². The first-order valence-corrected chi connectivity index (χ1v) is 0.866. The molecule has 0 aromatic rings. The van der Waals surface area contributed by atoms with Gasteiger partial charge in [-0.25, -0.2) is 0 Å². The SMILES string of the molecule is [O]=[AlH].[Pt].[SnH2].[Zn]. The molecule has 0 aromatic heterocycles. The van der Waals surface area contributed by atoms with E-state index < -0.39 is 0 Å². The van der Waals surface area contributed by atoms with Gasteiger partial charge in [-0.15, -0.1) is 0 Å². The van der Waals surface area contributed by atoms with Gasteiger partial charge >= 0.3 is 43.9 Å². The molecule has 0 fully saturated rings. The van der Waals surface area contributed by atoms with Crippen LogP contribution >= 0.6 is 0 Å². The second-order valence-corrected chi connectivity index (χ2v) is 0. The fourth-order valence-corrected chi connectivity index (χ4v) is 0. The van der Waals surface area contributed by atoms with E-state index in [1.165, 1.54) is 0 Å². The van der Waals surface area contributed by atoms with Crippen LogP contribution in [0.2, 0.25) is 0 Å². The Kier molecular flexibility index (Phi) is 167. The van der Waals surface area contributed by atoms with Gasteiger partial charge in [-0.1, -0.05) is 0 Å². The van der Waals surface area contributed by atoms with E-state index >= 15 is 0 Å². The van der Waals surface area contributed by atoms with Crippen molar-refractivity contribution in [2.24, 2.45) is 0 Å². The average Bonchev–Trinajstić information content (AvgIpc) is 1.00. The minimum atomic E-state index is 0. The Hall–Kier alpha value is 2.44. The van der Waals surface area contributed by atoms with Gasteiger partial charge in [0.15, 0.2) is 0 Å². The minimum absolute atomic E-state index is 0. The largest absolute Gasteiger partial charge is 0 e. The smallest absolute Gasteiger partial charge is 0 e. The van der Waals surface area contributed by atoms with Crippen LogP contribution in [0.3, 0.4) is 0 Å². The Morgan fingerprint density at radius 3 is 1.20 bits per heavy atom. The third kappa shape index (κ3) is 21.3. The Morgan fingerprint density at radius 2 is 1.20 bits per heavy atom. The monoisotopic (exact) mass is 425 g/mol.